The number of nitrogens with one attached hydrogen (secondary N) is 1. The summed E-state index contributed by atoms with van der Waals surface area (Å²) in [6.45, 7) is 2.36. The molecule has 2 rings (SSSR count). The Labute approximate surface area is 103 Å². The van der Waals surface area contributed by atoms with Crippen LogP contribution in [0.1, 0.15) is 17.3 Å². The molecule has 0 aliphatic carbocycles. The summed E-state index contributed by atoms with van der Waals surface area (Å²) in [7, 11) is 1.32. The third-order valence-electron chi connectivity index (χ3n) is 2.24. The summed E-state index contributed by atoms with van der Waals surface area (Å²) >= 11 is 0. The van der Waals surface area contributed by atoms with Crippen molar-refractivity contribution in [3.63, 3.8) is 0 Å². The highest BCUT2D eigenvalue weighted by Gasteiger charge is 2.12. The van der Waals surface area contributed by atoms with Gasteiger partial charge in [0.2, 0.25) is 5.82 Å². The van der Waals surface area contributed by atoms with Crippen LogP contribution in [0, 0.1) is 0 Å². The van der Waals surface area contributed by atoms with Crippen LogP contribution in [0.4, 0.5) is 0 Å². The second-order valence-corrected chi connectivity index (χ2v) is 3.41. The first-order chi connectivity index (χ1) is 8.74. The van der Waals surface area contributed by atoms with Crippen molar-refractivity contribution in [1.29, 1.82) is 0 Å². The minimum absolute atomic E-state index is 0.378. The average Bonchev–Trinajstić information content (AvgIpc) is 2.91. The molecule has 0 atom stereocenters. The van der Waals surface area contributed by atoms with Crippen molar-refractivity contribution in [2.24, 2.45) is 0 Å². The predicted molar refractivity (Wildman–Crippen MR) is 62.1 cm³/mol. The third kappa shape index (κ3) is 2.45. The van der Waals surface area contributed by atoms with Gasteiger partial charge in [0.25, 0.3) is 0 Å². The van der Waals surface area contributed by atoms with Crippen molar-refractivity contribution in [3.05, 3.63) is 23.8 Å². The predicted octanol–water partition coefficient (Wildman–Crippen LogP) is 1.05. The first-order valence-electron chi connectivity index (χ1n) is 5.34. The summed E-state index contributed by atoms with van der Waals surface area (Å²) in [4.78, 5) is 11.5. The molecule has 0 saturated heterocycles. The summed E-state index contributed by atoms with van der Waals surface area (Å²) in [5.41, 5.74) is 1.01. The summed E-state index contributed by atoms with van der Waals surface area (Å²) in [5.74, 6) is 0.503. The molecule has 7 nitrogen and oxygen atoms in total. The molecule has 0 fully saturated rings. The lowest BCUT2D eigenvalue weighted by Gasteiger charge is -2.07. The second-order valence-electron chi connectivity index (χ2n) is 3.41. The summed E-state index contributed by atoms with van der Waals surface area (Å²) in [5, 5.41) is 13.5. The van der Waals surface area contributed by atoms with Gasteiger partial charge in [-0.05, 0) is 30.3 Å². The van der Waals surface area contributed by atoms with Crippen molar-refractivity contribution >= 4 is 5.97 Å². The van der Waals surface area contributed by atoms with E-state index in [0.717, 1.165) is 0 Å². The van der Waals surface area contributed by atoms with E-state index in [2.05, 4.69) is 25.4 Å². The molecule has 0 aliphatic heterocycles. The topological polar surface area (TPSA) is 90.0 Å². The summed E-state index contributed by atoms with van der Waals surface area (Å²) in [6, 6.07) is 4.97. The van der Waals surface area contributed by atoms with Crippen LogP contribution in [0.3, 0.4) is 0 Å². The van der Waals surface area contributed by atoms with E-state index in [1.807, 2.05) is 6.92 Å². The fourth-order valence-corrected chi connectivity index (χ4v) is 1.50. The van der Waals surface area contributed by atoms with Gasteiger partial charge in [0.05, 0.1) is 19.3 Å². The Hall–Kier alpha value is -2.44. The number of carbonyl (C=O) groups excluding carboxylic acids is 1. The third-order valence-corrected chi connectivity index (χ3v) is 2.24. The van der Waals surface area contributed by atoms with Gasteiger partial charge in [0.1, 0.15) is 5.75 Å². The Morgan fingerprint density at radius 2 is 2.22 bits per heavy atom. The highest BCUT2D eigenvalue weighted by molar-refractivity contribution is 5.91. The highest BCUT2D eigenvalue weighted by atomic mass is 16.5. The number of tetrazole rings is 1. The Balaban J connectivity index is 2.46. The molecule has 0 saturated carbocycles. The Bertz CT molecular complexity index is 539. The van der Waals surface area contributed by atoms with E-state index in [9.17, 15) is 4.79 Å². The zero-order chi connectivity index (χ0) is 13.0. The highest BCUT2D eigenvalue weighted by Crippen LogP contribution is 2.23. The van der Waals surface area contributed by atoms with Crippen LogP contribution < -0.4 is 4.74 Å². The van der Waals surface area contributed by atoms with Crippen LogP contribution in [-0.2, 0) is 4.74 Å². The molecule has 0 spiro atoms. The Morgan fingerprint density at radius 1 is 1.39 bits per heavy atom. The fourth-order valence-electron chi connectivity index (χ4n) is 1.50. The molecule has 1 N–H and O–H groups in total. The van der Waals surface area contributed by atoms with Gasteiger partial charge >= 0.3 is 5.97 Å². The number of H-pyrrole nitrogens is 1. The molecule has 94 valence electrons. The molecule has 7 heteroatoms. The molecule has 1 heterocycles. The monoisotopic (exact) mass is 248 g/mol. The zero-order valence-corrected chi connectivity index (χ0v) is 10.0. The van der Waals surface area contributed by atoms with Crippen molar-refractivity contribution in [2.45, 2.75) is 6.92 Å². The number of rotatable bonds is 4. The van der Waals surface area contributed by atoms with Gasteiger partial charge in [-0.3, -0.25) is 0 Å². The van der Waals surface area contributed by atoms with Crippen molar-refractivity contribution < 1.29 is 14.3 Å². The van der Waals surface area contributed by atoms with Gasteiger partial charge in [-0.25, -0.2) is 4.79 Å². The number of benzene rings is 1. The van der Waals surface area contributed by atoms with Gasteiger partial charge in [-0.1, -0.05) is 0 Å². The number of aromatic amines is 1. The van der Waals surface area contributed by atoms with E-state index in [0.29, 0.717) is 29.3 Å². The standard InChI is InChI=1S/C11H12N4O3/c1-3-18-9-5-7(10-12-14-15-13-10)4-8(6-9)11(16)17-2/h4-6H,3H2,1-2H3,(H,12,13,14,15). The fraction of sp³-hybridized carbons (Fsp3) is 0.273. The number of aromatic nitrogens is 4. The number of methoxy groups -OCH3 is 1. The lowest BCUT2D eigenvalue weighted by Crippen LogP contribution is -2.03. The number of ether oxygens (including phenoxy) is 2. The molecule has 0 unspecified atom stereocenters. The SMILES string of the molecule is CCOc1cc(C(=O)OC)cc(-c2nn[nH]n2)c1. The van der Waals surface area contributed by atoms with Gasteiger partial charge in [-0.15, -0.1) is 10.2 Å². The number of carbonyl (C=O) groups is 1. The first-order valence-corrected chi connectivity index (χ1v) is 5.34. The Morgan fingerprint density at radius 3 is 2.83 bits per heavy atom. The minimum Gasteiger partial charge on any atom is -0.494 e. The van der Waals surface area contributed by atoms with Crippen molar-refractivity contribution in [1.82, 2.24) is 20.6 Å². The molecule has 18 heavy (non-hydrogen) atoms. The van der Waals surface area contributed by atoms with E-state index in [1.165, 1.54) is 7.11 Å². The molecular weight excluding hydrogens is 236 g/mol. The molecule has 0 aliphatic rings. The normalized spacial score (nSPS) is 10.1. The van der Waals surface area contributed by atoms with E-state index in [4.69, 9.17) is 4.74 Å². The maximum absolute atomic E-state index is 11.5. The number of hydrogen-bond acceptors (Lipinski definition) is 6. The molecule has 0 radical (unpaired) electrons. The van der Waals surface area contributed by atoms with Crippen LogP contribution >= 0.6 is 0 Å². The van der Waals surface area contributed by atoms with E-state index in [-0.39, 0.29) is 0 Å². The second kappa shape index (κ2) is 5.26. The molecular formula is C11H12N4O3. The van der Waals surface area contributed by atoms with Crippen LogP contribution in [0.2, 0.25) is 0 Å². The first kappa shape index (κ1) is 12.0. The van der Waals surface area contributed by atoms with Crippen LogP contribution in [0.25, 0.3) is 11.4 Å². The number of nitrogens with zero attached hydrogens (tertiary/aromatic N) is 3. The largest absolute Gasteiger partial charge is 0.494 e. The lowest BCUT2D eigenvalue weighted by atomic mass is 10.1. The maximum atomic E-state index is 11.5. The molecule has 2 aromatic rings. The van der Waals surface area contributed by atoms with Crippen LogP contribution in [0.5, 0.6) is 5.75 Å². The van der Waals surface area contributed by atoms with Gasteiger partial charge in [0.15, 0.2) is 0 Å². The van der Waals surface area contributed by atoms with Crippen molar-refractivity contribution in [2.75, 3.05) is 13.7 Å². The van der Waals surface area contributed by atoms with Crippen LogP contribution in [-0.4, -0.2) is 40.3 Å². The smallest absolute Gasteiger partial charge is 0.338 e. The number of esters is 1. The van der Waals surface area contributed by atoms with Gasteiger partial charge in [0, 0.05) is 5.56 Å². The molecule has 0 amide bonds. The van der Waals surface area contributed by atoms with Crippen molar-refractivity contribution in [3.8, 4) is 17.1 Å². The average molecular weight is 248 g/mol. The zero-order valence-electron chi connectivity index (χ0n) is 10.0. The van der Waals surface area contributed by atoms with E-state index in [1.54, 1.807) is 18.2 Å². The number of hydrogen-bond donors (Lipinski definition) is 1. The quantitative estimate of drug-likeness (QED) is 0.813. The molecule has 1 aromatic carbocycles. The van der Waals surface area contributed by atoms with E-state index >= 15 is 0 Å². The minimum atomic E-state index is -0.443. The van der Waals surface area contributed by atoms with Gasteiger partial charge < -0.3 is 9.47 Å². The summed E-state index contributed by atoms with van der Waals surface area (Å²) < 4.78 is 10.1. The lowest BCUT2D eigenvalue weighted by molar-refractivity contribution is 0.0600. The Kier molecular flexibility index (Phi) is 3.52. The molecule has 1 aromatic heterocycles. The summed E-state index contributed by atoms with van der Waals surface area (Å²) in [6.07, 6.45) is 0. The molecule has 0 bridgehead atoms. The maximum Gasteiger partial charge on any atom is 0.338 e. The van der Waals surface area contributed by atoms with Crippen LogP contribution in [0.15, 0.2) is 18.2 Å². The van der Waals surface area contributed by atoms with Gasteiger partial charge in [-0.2, -0.15) is 5.21 Å². The van der Waals surface area contributed by atoms with E-state index < -0.39 is 5.97 Å².